The summed E-state index contributed by atoms with van der Waals surface area (Å²) in [5.41, 5.74) is 4.21. The fraction of sp³-hybridized carbons (Fsp3) is 0.286. The number of rotatable bonds is 9. The third kappa shape index (κ3) is 5.66. The molecule has 176 valence electrons. The Balaban J connectivity index is 1.68. The predicted octanol–water partition coefficient (Wildman–Crippen LogP) is 6.77. The van der Waals surface area contributed by atoms with Crippen LogP contribution in [0.1, 0.15) is 35.4 Å². The Morgan fingerprint density at radius 1 is 0.941 bits per heavy atom. The molecule has 1 amide bonds. The highest BCUT2D eigenvalue weighted by Gasteiger charge is 2.25. The number of fused-ring (bicyclic) bond motifs is 1. The zero-order chi connectivity index (χ0) is 24.1. The fourth-order valence-electron chi connectivity index (χ4n) is 4.16. The lowest BCUT2D eigenvalue weighted by atomic mass is 9.88. The molecule has 6 heteroatoms. The zero-order valence-electron chi connectivity index (χ0n) is 19.9. The van der Waals surface area contributed by atoms with E-state index in [1.807, 2.05) is 74.4 Å². The average Bonchev–Trinajstić information content (AvgIpc) is 3.30. The Kier molecular flexibility index (Phi) is 7.99. The van der Waals surface area contributed by atoms with Gasteiger partial charge in [0.2, 0.25) is 5.91 Å². The van der Waals surface area contributed by atoms with Gasteiger partial charge in [-0.25, -0.2) is 4.98 Å². The van der Waals surface area contributed by atoms with E-state index in [1.54, 1.807) is 0 Å². The van der Waals surface area contributed by atoms with Crippen LogP contribution < -0.4 is 4.90 Å². The van der Waals surface area contributed by atoms with Crippen molar-refractivity contribution in [3.8, 4) is 0 Å². The summed E-state index contributed by atoms with van der Waals surface area (Å²) in [5, 5.41) is 1.39. The second-order valence-electron chi connectivity index (χ2n) is 8.82. The Hall–Kier alpha value is -2.73. The van der Waals surface area contributed by atoms with E-state index in [0.29, 0.717) is 18.0 Å². The first-order valence-corrected chi connectivity index (χ1v) is 12.7. The topological polar surface area (TPSA) is 36.4 Å². The lowest BCUT2D eigenvalue weighted by Gasteiger charge is -2.24. The summed E-state index contributed by atoms with van der Waals surface area (Å²) >= 11 is 7.98. The highest BCUT2D eigenvalue weighted by atomic mass is 35.5. The second kappa shape index (κ2) is 11.1. The number of nitrogens with zero attached hydrogens (tertiary/aromatic N) is 3. The summed E-state index contributed by atoms with van der Waals surface area (Å²) in [6.07, 6.45) is 1.24. The first-order valence-electron chi connectivity index (χ1n) is 11.5. The summed E-state index contributed by atoms with van der Waals surface area (Å²) in [4.78, 5) is 22.7. The maximum absolute atomic E-state index is 13.9. The van der Waals surface area contributed by atoms with Crippen LogP contribution in [-0.2, 0) is 4.79 Å². The monoisotopic (exact) mass is 491 g/mol. The molecule has 4 nitrogen and oxygen atoms in total. The summed E-state index contributed by atoms with van der Waals surface area (Å²) in [5.74, 6) is 0.0512. The third-order valence-corrected chi connectivity index (χ3v) is 7.53. The van der Waals surface area contributed by atoms with Gasteiger partial charge in [-0.1, -0.05) is 89.7 Å². The minimum absolute atomic E-state index is 0.0223. The molecule has 1 heterocycles. The Morgan fingerprint density at radius 3 is 2.12 bits per heavy atom. The molecule has 0 atom stereocenters. The number of hydrogen-bond donors (Lipinski definition) is 0. The second-order valence-corrected chi connectivity index (χ2v) is 10.2. The van der Waals surface area contributed by atoms with Gasteiger partial charge in [0.1, 0.15) is 0 Å². The first-order chi connectivity index (χ1) is 16.4. The first kappa shape index (κ1) is 24.4. The van der Waals surface area contributed by atoms with Gasteiger partial charge in [-0.3, -0.25) is 9.69 Å². The van der Waals surface area contributed by atoms with Crippen LogP contribution in [0.2, 0.25) is 5.02 Å². The molecule has 0 spiro atoms. The van der Waals surface area contributed by atoms with E-state index in [-0.39, 0.29) is 11.8 Å². The van der Waals surface area contributed by atoms with E-state index < -0.39 is 0 Å². The normalized spacial score (nSPS) is 11.5. The van der Waals surface area contributed by atoms with E-state index in [0.717, 1.165) is 45.0 Å². The number of benzene rings is 3. The quantitative estimate of drug-likeness (QED) is 0.259. The van der Waals surface area contributed by atoms with Crippen LogP contribution >= 0.6 is 22.9 Å². The van der Waals surface area contributed by atoms with E-state index in [9.17, 15) is 4.79 Å². The number of halogens is 1. The van der Waals surface area contributed by atoms with Crippen molar-refractivity contribution < 1.29 is 4.79 Å². The van der Waals surface area contributed by atoms with Crippen LogP contribution in [-0.4, -0.2) is 43.0 Å². The van der Waals surface area contributed by atoms with Crippen molar-refractivity contribution in [2.45, 2.75) is 25.7 Å². The molecule has 0 unspecified atom stereocenters. The van der Waals surface area contributed by atoms with Gasteiger partial charge in [0, 0.05) is 18.9 Å². The van der Waals surface area contributed by atoms with Gasteiger partial charge >= 0.3 is 0 Å². The van der Waals surface area contributed by atoms with Crippen LogP contribution in [0.5, 0.6) is 0 Å². The van der Waals surface area contributed by atoms with Crippen molar-refractivity contribution in [3.63, 3.8) is 0 Å². The fourth-order valence-corrected chi connectivity index (χ4v) is 5.52. The van der Waals surface area contributed by atoms with Crippen LogP contribution in [0.25, 0.3) is 10.2 Å². The number of hydrogen-bond acceptors (Lipinski definition) is 4. The SMILES string of the molecule is Cc1ccc(Cl)c2sc(N(CCCN(C)C)C(=O)CC(c3ccccc3)c3ccccc3)nc12. The standard InChI is InChI=1S/C28H30ClN3OS/c1-20-15-16-24(29)27-26(20)30-28(34-27)32(18-10-17-31(2)3)25(33)19-23(21-11-6-4-7-12-21)22-13-8-5-9-14-22/h4-9,11-16,23H,10,17-19H2,1-3H3. The molecule has 1 aromatic heterocycles. The van der Waals surface area contributed by atoms with E-state index in [1.165, 1.54) is 11.3 Å². The third-order valence-electron chi connectivity index (χ3n) is 5.99. The van der Waals surface area contributed by atoms with Gasteiger partial charge in [0.25, 0.3) is 0 Å². The van der Waals surface area contributed by atoms with Crippen molar-refractivity contribution in [1.82, 2.24) is 9.88 Å². The van der Waals surface area contributed by atoms with Gasteiger partial charge in [0.15, 0.2) is 5.13 Å². The Labute approximate surface area is 210 Å². The lowest BCUT2D eigenvalue weighted by Crippen LogP contribution is -2.34. The number of anilines is 1. The average molecular weight is 492 g/mol. The van der Waals surface area contributed by atoms with E-state index >= 15 is 0 Å². The molecule has 0 aliphatic heterocycles. The van der Waals surface area contributed by atoms with Crippen LogP contribution in [0.15, 0.2) is 72.8 Å². The highest BCUT2D eigenvalue weighted by molar-refractivity contribution is 7.23. The molecule has 4 aromatic rings. The molecule has 0 aliphatic carbocycles. The van der Waals surface area contributed by atoms with Crippen molar-refractivity contribution in [2.24, 2.45) is 0 Å². The van der Waals surface area contributed by atoms with Crippen molar-refractivity contribution in [3.05, 3.63) is 94.5 Å². The number of amides is 1. The smallest absolute Gasteiger partial charge is 0.229 e. The van der Waals surface area contributed by atoms with Gasteiger partial charge in [-0.15, -0.1) is 0 Å². The van der Waals surface area contributed by atoms with Crippen LogP contribution in [0.4, 0.5) is 5.13 Å². The molecule has 4 rings (SSSR count). The van der Waals surface area contributed by atoms with Crippen LogP contribution in [0.3, 0.4) is 0 Å². The Bertz CT molecular complexity index is 1160. The molecule has 0 bridgehead atoms. The van der Waals surface area contributed by atoms with Gasteiger partial charge in [-0.2, -0.15) is 0 Å². The molecule has 0 saturated heterocycles. The maximum Gasteiger partial charge on any atom is 0.229 e. The number of thiazole rings is 1. The highest BCUT2D eigenvalue weighted by Crippen LogP contribution is 2.37. The van der Waals surface area contributed by atoms with Gasteiger partial charge < -0.3 is 4.90 Å². The molecule has 3 aromatic carbocycles. The van der Waals surface area contributed by atoms with Crippen molar-refractivity contribution in [2.75, 3.05) is 32.1 Å². The summed E-state index contributed by atoms with van der Waals surface area (Å²) in [7, 11) is 4.10. The molecular weight excluding hydrogens is 462 g/mol. The molecule has 0 saturated carbocycles. The van der Waals surface area contributed by atoms with Gasteiger partial charge in [-0.05, 0) is 56.7 Å². The largest absolute Gasteiger partial charge is 0.309 e. The molecule has 0 aliphatic rings. The number of aromatic nitrogens is 1. The lowest BCUT2D eigenvalue weighted by molar-refractivity contribution is -0.118. The Morgan fingerprint density at radius 2 is 1.56 bits per heavy atom. The summed E-state index contributed by atoms with van der Waals surface area (Å²) < 4.78 is 0.935. The number of carbonyl (C=O) groups is 1. The summed E-state index contributed by atoms with van der Waals surface area (Å²) in [6, 6.07) is 24.4. The van der Waals surface area contributed by atoms with E-state index in [2.05, 4.69) is 29.2 Å². The minimum atomic E-state index is -0.0223. The summed E-state index contributed by atoms with van der Waals surface area (Å²) in [6.45, 7) is 3.54. The van der Waals surface area contributed by atoms with Crippen LogP contribution in [0, 0.1) is 6.92 Å². The molecular formula is C28H30ClN3OS. The minimum Gasteiger partial charge on any atom is -0.309 e. The van der Waals surface area contributed by atoms with Crippen molar-refractivity contribution in [1.29, 1.82) is 0 Å². The predicted molar refractivity (Wildman–Crippen MR) is 144 cm³/mol. The maximum atomic E-state index is 13.9. The van der Waals surface area contributed by atoms with Crippen molar-refractivity contribution >= 4 is 44.2 Å². The number of carbonyl (C=O) groups excluding carboxylic acids is 1. The van der Waals surface area contributed by atoms with E-state index in [4.69, 9.17) is 16.6 Å². The zero-order valence-corrected chi connectivity index (χ0v) is 21.4. The number of aryl methyl sites for hydroxylation is 1. The van der Waals surface area contributed by atoms with Gasteiger partial charge in [0.05, 0.1) is 15.2 Å². The molecule has 0 N–H and O–H groups in total. The molecule has 0 fully saturated rings. The molecule has 0 radical (unpaired) electrons. The molecule has 34 heavy (non-hydrogen) atoms.